The van der Waals surface area contributed by atoms with Crippen molar-refractivity contribution in [3.05, 3.63) is 75.6 Å². The molecule has 182 valence electrons. The van der Waals surface area contributed by atoms with Gasteiger partial charge in [0.05, 0.1) is 17.3 Å². The van der Waals surface area contributed by atoms with Gasteiger partial charge >= 0.3 is 0 Å². The first-order chi connectivity index (χ1) is 17.0. The first kappa shape index (κ1) is 24.3. The molecule has 1 aliphatic carbocycles. The summed E-state index contributed by atoms with van der Waals surface area (Å²) in [6.07, 6.45) is 6.29. The minimum atomic E-state index is -1.03. The van der Waals surface area contributed by atoms with Gasteiger partial charge in [-0.3, -0.25) is 9.59 Å². The number of hydrogen-bond donors (Lipinski definition) is 1. The van der Waals surface area contributed by atoms with Gasteiger partial charge in [-0.1, -0.05) is 49.1 Å². The second kappa shape index (κ2) is 10.7. The summed E-state index contributed by atoms with van der Waals surface area (Å²) >= 11 is 9.00. The van der Waals surface area contributed by atoms with Gasteiger partial charge in [0.25, 0.3) is 0 Å². The zero-order valence-corrected chi connectivity index (χ0v) is 21.6. The number of aromatic nitrogens is 1. The molecular weight excluding hydrogens is 500 g/mol. The molecule has 1 saturated carbocycles. The van der Waals surface area contributed by atoms with Crippen molar-refractivity contribution in [3.63, 3.8) is 0 Å². The van der Waals surface area contributed by atoms with Gasteiger partial charge < -0.3 is 10.1 Å². The lowest BCUT2D eigenvalue weighted by Crippen LogP contribution is -2.58. The monoisotopic (exact) mass is 526 g/mol. The Morgan fingerprint density at radius 2 is 1.91 bits per heavy atom. The summed E-state index contributed by atoms with van der Waals surface area (Å²) in [5.41, 5.74) is 0.429. The number of amides is 1. The van der Waals surface area contributed by atoms with E-state index in [0.717, 1.165) is 5.56 Å². The van der Waals surface area contributed by atoms with Gasteiger partial charge in [-0.2, -0.15) is 11.3 Å². The molecule has 2 aliphatic rings. The van der Waals surface area contributed by atoms with E-state index in [2.05, 4.69) is 5.32 Å². The minimum absolute atomic E-state index is 0.108. The van der Waals surface area contributed by atoms with Gasteiger partial charge in [-0.25, -0.2) is 4.98 Å². The zero-order chi connectivity index (χ0) is 24.3. The lowest BCUT2D eigenvalue weighted by Gasteiger charge is -2.39. The number of ketones is 1. The van der Waals surface area contributed by atoms with Crippen LogP contribution in [0.1, 0.15) is 49.8 Å². The van der Waals surface area contributed by atoms with E-state index in [1.54, 1.807) is 6.07 Å². The van der Waals surface area contributed by atoms with Gasteiger partial charge in [0.1, 0.15) is 10.8 Å². The highest BCUT2D eigenvalue weighted by Gasteiger charge is 2.48. The molecule has 3 aromatic rings. The van der Waals surface area contributed by atoms with Crippen molar-refractivity contribution in [2.24, 2.45) is 5.92 Å². The molecule has 1 aliphatic heterocycles. The molecular formula is C27H27ClN2O3S2. The maximum atomic E-state index is 13.4. The van der Waals surface area contributed by atoms with Crippen molar-refractivity contribution in [2.45, 2.75) is 54.2 Å². The Labute approximate surface area is 218 Å². The number of benzene rings is 1. The maximum Gasteiger partial charge on any atom is 0.242 e. The number of ether oxygens (including phenoxy) is 1. The van der Waals surface area contributed by atoms with Crippen molar-refractivity contribution >= 4 is 46.4 Å². The van der Waals surface area contributed by atoms with Crippen LogP contribution in [-0.4, -0.2) is 28.5 Å². The second-order valence-electron chi connectivity index (χ2n) is 9.15. The zero-order valence-electron chi connectivity index (χ0n) is 19.2. The normalized spacial score (nSPS) is 23.2. The minimum Gasteiger partial charge on any atom is -0.477 e. The first-order valence-electron chi connectivity index (χ1n) is 11.9. The molecule has 2 aromatic heterocycles. The standard InChI is InChI=1S/C27H27ClN2O3S2/c28-20-9-4-5-10-22(20)35-25-21(31)15-27(30-26(25)32,19-13-14-34-17-19)23-11-6-12-24(29-23)33-16-18-7-2-1-3-8-18/h4-6,9-14,17-18,25H,1-3,7-8,15-16H2,(H,30,32). The lowest BCUT2D eigenvalue weighted by molar-refractivity contribution is -0.133. The number of rotatable bonds is 7. The van der Waals surface area contributed by atoms with Crippen molar-refractivity contribution in [1.29, 1.82) is 0 Å². The maximum absolute atomic E-state index is 13.4. The van der Waals surface area contributed by atoms with Gasteiger partial charge in [-0.15, -0.1) is 11.8 Å². The smallest absolute Gasteiger partial charge is 0.242 e. The van der Waals surface area contributed by atoms with E-state index in [0.29, 0.717) is 34.0 Å². The number of thioether (sulfide) groups is 1. The number of halogens is 1. The fourth-order valence-corrected chi connectivity index (χ4v) is 6.85. The van der Waals surface area contributed by atoms with Crippen molar-refractivity contribution in [3.8, 4) is 5.88 Å². The summed E-state index contributed by atoms with van der Waals surface area (Å²) in [7, 11) is 0. The number of pyridine rings is 1. The summed E-state index contributed by atoms with van der Waals surface area (Å²) in [5, 5.41) is 6.73. The van der Waals surface area contributed by atoms with Crippen LogP contribution >= 0.6 is 34.7 Å². The molecule has 35 heavy (non-hydrogen) atoms. The third kappa shape index (κ3) is 5.27. The molecule has 1 N–H and O–H groups in total. The van der Waals surface area contributed by atoms with Crippen LogP contribution in [0.3, 0.4) is 0 Å². The van der Waals surface area contributed by atoms with E-state index in [4.69, 9.17) is 21.3 Å². The van der Waals surface area contributed by atoms with Crippen LogP contribution in [-0.2, 0) is 15.1 Å². The molecule has 0 spiro atoms. The van der Waals surface area contributed by atoms with Crippen LogP contribution in [0.15, 0.2) is 64.2 Å². The third-order valence-corrected chi connectivity index (χ3v) is 9.20. The molecule has 5 rings (SSSR count). The number of nitrogens with one attached hydrogen (secondary N) is 1. The molecule has 1 aromatic carbocycles. The summed E-state index contributed by atoms with van der Waals surface area (Å²) in [6.45, 7) is 0.643. The molecule has 2 unspecified atom stereocenters. The predicted molar refractivity (Wildman–Crippen MR) is 140 cm³/mol. The fraction of sp³-hybridized carbons (Fsp3) is 0.370. The highest BCUT2D eigenvalue weighted by Crippen LogP contribution is 2.41. The Bertz CT molecular complexity index is 1180. The molecule has 2 fully saturated rings. The van der Waals surface area contributed by atoms with Gasteiger partial charge in [0, 0.05) is 17.4 Å². The van der Waals surface area contributed by atoms with Crippen LogP contribution < -0.4 is 10.1 Å². The fourth-order valence-electron chi connectivity index (χ4n) is 4.88. The predicted octanol–water partition coefficient (Wildman–Crippen LogP) is 6.25. The molecule has 3 heterocycles. The molecule has 5 nitrogen and oxygen atoms in total. The van der Waals surface area contributed by atoms with Crippen LogP contribution in [0.2, 0.25) is 5.02 Å². The Morgan fingerprint density at radius 1 is 1.09 bits per heavy atom. The van der Waals surface area contributed by atoms with E-state index < -0.39 is 10.8 Å². The van der Waals surface area contributed by atoms with Crippen LogP contribution in [0.4, 0.5) is 0 Å². The number of nitrogens with zero attached hydrogens (tertiary/aromatic N) is 1. The Morgan fingerprint density at radius 3 is 2.66 bits per heavy atom. The lowest BCUT2D eigenvalue weighted by atomic mass is 9.79. The Balaban J connectivity index is 1.41. The second-order valence-corrected chi connectivity index (χ2v) is 11.5. The Kier molecular flexibility index (Phi) is 7.46. The van der Waals surface area contributed by atoms with Crippen molar-refractivity contribution < 1.29 is 14.3 Å². The quantitative estimate of drug-likeness (QED) is 0.368. The largest absolute Gasteiger partial charge is 0.477 e. The van der Waals surface area contributed by atoms with Crippen LogP contribution in [0, 0.1) is 5.92 Å². The van der Waals surface area contributed by atoms with E-state index >= 15 is 0 Å². The number of thiophene rings is 1. The number of carbonyl (C=O) groups is 2. The van der Waals surface area contributed by atoms with E-state index in [-0.39, 0.29) is 18.1 Å². The number of Topliss-reactive ketones (excluding diaryl/α,β-unsaturated/α-hetero) is 1. The average Bonchev–Trinajstić information content (AvgIpc) is 3.42. The number of carbonyl (C=O) groups excluding carboxylic acids is 2. The van der Waals surface area contributed by atoms with Crippen molar-refractivity contribution in [2.75, 3.05) is 6.61 Å². The molecule has 2 atom stereocenters. The molecule has 1 saturated heterocycles. The number of hydrogen-bond acceptors (Lipinski definition) is 6. The topological polar surface area (TPSA) is 68.3 Å². The van der Waals surface area contributed by atoms with Crippen molar-refractivity contribution in [1.82, 2.24) is 10.3 Å². The molecule has 0 radical (unpaired) electrons. The van der Waals surface area contributed by atoms with E-state index in [1.165, 1.54) is 55.2 Å². The summed E-state index contributed by atoms with van der Waals surface area (Å²) in [4.78, 5) is 32.3. The van der Waals surface area contributed by atoms with Gasteiger partial charge in [0.2, 0.25) is 11.8 Å². The van der Waals surface area contributed by atoms with Gasteiger partial charge in [0.15, 0.2) is 5.78 Å². The third-order valence-electron chi connectivity index (χ3n) is 6.75. The van der Waals surface area contributed by atoms with E-state index in [1.807, 2.05) is 53.2 Å². The SMILES string of the molecule is O=C1CC(c2ccsc2)(c2cccc(OCC3CCCCC3)n2)NC(=O)C1Sc1ccccc1Cl. The highest BCUT2D eigenvalue weighted by molar-refractivity contribution is 8.01. The van der Waals surface area contributed by atoms with Gasteiger partial charge in [-0.05, 0) is 59.3 Å². The summed E-state index contributed by atoms with van der Waals surface area (Å²) < 4.78 is 6.08. The summed E-state index contributed by atoms with van der Waals surface area (Å²) in [5.74, 6) is 0.587. The van der Waals surface area contributed by atoms with Crippen LogP contribution in [0.5, 0.6) is 5.88 Å². The highest BCUT2D eigenvalue weighted by atomic mass is 35.5. The van der Waals surface area contributed by atoms with Crippen LogP contribution in [0.25, 0.3) is 0 Å². The molecule has 0 bridgehead atoms. The molecule has 8 heteroatoms. The van der Waals surface area contributed by atoms with E-state index in [9.17, 15) is 9.59 Å². The Hall–Kier alpha value is -2.35. The summed E-state index contributed by atoms with van der Waals surface area (Å²) in [6, 6.07) is 14.8. The first-order valence-corrected chi connectivity index (χ1v) is 14.1. The number of piperidine rings is 1. The average molecular weight is 527 g/mol. The molecule has 1 amide bonds.